The van der Waals surface area contributed by atoms with Crippen LogP contribution in [-0.4, -0.2) is 65.8 Å². The maximum Gasteiger partial charge on any atom is 0.329 e. The van der Waals surface area contributed by atoms with Gasteiger partial charge in [0.05, 0.1) is 0 Å². The van der Waals surface area contributed by atoms with Gasteiger partial charge < -0.3 is 24.4 Å². The summed E-state index contributed by atoms with van der Waals surface area (Å²) in [5, 5.41) is 19.2. The van der Waals surface area contributed by atoms with E-state index in [1.54, 1.807) is 42.5 Å². The minimum atomic E-state index is -0.967. The van der Waals surface area contributed by atoms with Crippen LogP contribution in [0.25, 0.3) is 10.1 Å². The molecule has 1 aromatic heterocycles. The number of aromatic hydroxyl groups is 1. The molecule has 0 spiro atoms. The van der Waals surface area contributed by atoms with Crippen LogP contribution in [0.15, 0.2) is 66.7 Å². The summed E-state index contributed by atoms with van der Waals surface area (Å²) in [7, 11) is 0. The predicted octanol–water partition coefficient (Wildman–Crippen LogP) is 5.32. The molecule has 5 rings (SSSR count). The number of phenols is 1. The molecule has 1 aliphatic heterocycles. The summed E-state index contributed by atoms with van der Waals surface area (Å²) in [5.74, 6) is -0.230. The minimum Gasteiger partial charge on any atom is -0.508 e. The number of carbonyl (C=O) groups is 2. The van der Waals surface area contributed by atoms with Crippen LogP contribution in [0.1, 0.15) is 21.7 Å². The molecule has 2 N–H and O–H groups in total. The Balaban J connectivity index is 1.22. The Morgan fingerprint density at radius 2 is 1.79 bits per heavy atom. The summed E-state index contributed by atoms with van der Waals surface area (Å²) in [5.41, 5.74) is 0.210. The predicted molar refractivity (Wildman–Crippen MR) is 144 cm³/mol. The zero-order valence-electron chi connectivity index (χ0n) is 20.8. The third-order valence-corrected chi connectivity index (χ3v) is 7.31. The lowest BCUT2D eigenvalue weighted by atomic mass is 10.1. The average molecular weight is 552 g/mol. The van der Waals surface area contributed by atoms with E-state index < -0.39 is 11.8 Å². The monoisotopic (exact) mass is 551 g/mol. The van der Waals surface area contributed by atoms with Crippen LogP contribution < -0.4 is 9.47 Å². The first kappa shape index (κ1) is 26.6. The third kappa shape index (κ3) is 6.54. The van der Waals surface area contributed by atoms with Gasteiger partial charge in [-0.2, -0.15) is 0 Å². The molecule has 0 bridgehead atoms. The van der Waals surface area contributed by atoms with Crippen molar-refractivity contribution < 1.29 is 38.4 Å². The van der Waals surface area contributed by atoms with Crippen LogP contribution in [0.2, 0.25) is 0 Å². The highest BCUT2D eigenvalue weighted by molar-refractivity contribution is 7.21. The molecule has 10 heteroatoms. The van der Waals surface area contributed by atoms with E-state index in [4.69, 9.17) is 19.3 Å². The Bertz CT molecular complexity index is 1480. The molecule has 202 valence electrons. The molecule has 39 heavy (non-hydrogen) atoms. The first-order chi connectivity index (χ1) is 18.9. The van der Waals surface area contributed by atoms with Crippen molar-refractivity contribution in [2.75, 3.05) is 32.8 Å². The van der Waals surface area contributed by atoms with Gasteiger partial charge >= 0.3 is 5.97 Å². The number of rotatable bonds is 12. The van der Waals surface area contributed by atoms with Crippen LogP contribution in [0.3, 0.4) is 0 Å². The number of hydrogen-bond donors (Lipinski definition) is 2. The lowest BCUT2D eigenvalue weighted by Gasteiger charge is -2.39. The molecular formula is C29H26FNO7S. The number of fused-ring (bicyclic) bond motifs is 1. The van der Waals surface area contributed by atoms with E-state index in [1.807, 2.05) is 0 Å². The van der Waals surface area contributed by atoms with Crippen molar-refractivity contribution in [2.45, 2.75) is 12.5 Å². The molecule has 2 heterocycles. The zero-order valence-corrected chi connectivity index (χ0v) is 21.7. The molecule has 3 aromatic carbocycles. The highest BCUT2D eigenvalue weighted by Gasteiger charge is 2.28. The number of carbonyl (C=O) groups excluding carboxylic acids is 1. The fourth-order valence-electron chi connectivity index (χ4n) is 4.30. The van der Waals surface area contributed by atoms with Gasteiger partial charge in [-0.05, 0) is 61.0 Å². The molecule has 1 fully saturated rings. The Labute approximate surface area is 227 Å². The van der Waals surface area contributed by atoms with Crippen molar-refractivity contribution in [3.63, 3.8) is 0 Å². The smallest absolute Gasteiger partial charge is 0.329 e. The normalized spacial score (nSPS) is 13.8. The number of nitrogens with zero attached hydrogens (tertiary/aromatic N) is 1. The van der Waals surface area contributed by atoms with Crippen molar-refractivity contribution in [1.29, 1.82) is 0 Å². The molecule has 4 aromatic rings. The number of halogens is 1. The molecular weight excluding hydrogens is 525 g/mol. The summed E-state index contributed by atoms with van der Waals surface area (Å²) < 4.78 is 31.7. The van der Waals surface area contributed by atoms with Crippen LogP contribution in [0.4, 0.5) is 4.39 Å². The molecule has 0 unspecified atom stereocenters. The molecule has 8 nitrogen and oxygen atoms in total. The molecule has 0 amide bonds. The second kappa shape index (κ2) is 11.8. The molecule has 0 atom stereocenters. The Morgan fingerprint density at radius 1 is 1.03 bits per heavy atom. The van der Waals surface area contributed by atoms with E-state index in [-0.39, 0.29) is 29.8 Å². The van der Waals surface area contributed by atoms with Crippen LogP contribution in [-0.2, 0) is 9.53 Å². The van der Waals surface area contributed by atoms with Gasteiger partial charge in [0.2, 0.25) is 5.78 Å². The second-order valence-corrected chi connectivity index (χ2v) is 10.2. The number of thiophene rings is 1. The van der Waals surface area contributed by atoms with Crippen LogP contribution in [0.5, 0.6) is 23.0 Å². The number of ketones is 1. The molecule has 1 aliphatic rings. The van der Waals surface area contributed by atoms with Gasteiger partial charge in [0.25, 0.3) is 0 Å². The number of benzene rings is 3. The number of aliphatic carboxylic acids is 1. The molecule has 0 saturated carbocycles. The first-order valence-corrected chi connectivity index (χ1v) is 13.2. The highest BCUT2D eigenvalue weighted by Crippen LogP contribution is 2.43. The maximum atomic E-state index is 13.8. The molecule has 1 saturated heterocycles. The summed E-state index contributed by atoms with van der Waals surface area (Å²) in [4.78, 5) is 26.3. The van der Waals surface area contributed by atoms with E-state index in [0.29, 0.717) is 38.8 Å². The fraction of sp³-hybridized carbons (Fsp3) is 0.241. The Hall–Kier alpha value is -3.99. The molecule has 0 aliphatic carbocycles. The van der Waals surface area contributed by atoms with E-state index in [9.17, 15) is 19.1 Å². The van der Waals surface area contributed by atoms with Crippen molar-refractivity contribution in [3.05, 3.63) is 83.0 Å². The first-order valence-electron chi connectivity index (χ1n) is 12.4. The fourth-order valence-corrected chi connectivity index (χ4v) is 5.42. The summed E-state index contributed by atoms with van der Waals surface area (Å²) in [6.45, 7) is 2.50. The SMILES string of the molecule is O=C(O)COCCCN1CC(Oc2ccc(Oc3c(C(=O)c4cccc(F)c4)sc4cc(O)ccc34)cc2)C1. The van der Waals surface area contributed by atoms with Crippen molar-refractivity contribution in [2.24, 2.45) is 0 Å². The standard InChI is InChI=1S/C29H26FNO7S/c30-19-4-1-3-18(13-19)27(35)29-28(24-10-5-20(32)14-25(24)39-29)38-22-8-6-21(7-9-22)37-23-15-31(16-23)11-2-12-36-17-26(33)34/h1,3-10,13-14,23,32H,2,11-12,15-17H2,(H,33,34). The largest absolute Gasteiger partial charge is 0.508 e. The summed E-state index contributed by atoms with van der Waals surface area (Å²) in [6.07, 6.45) is 0.813. The number of ether oxygens (including phenoxy) is 3. The minimum absolute atomic E-state index is 0.0562. The quantitative estimate of drug-likeness (QED) is 0.180. The number of carboxylic acids is 1. The number of likely N-dealkylation sites (tertiary alicyclic amines) is 1. The van der Waals surface area contributed by atoms with Gasteiger partial charge in [-0.1, -0.05) is 12.1 Å². The Kier molecular flexibility index (Phi) is 8.06. The zero-order chi connectivity index (χ0) is 27.4. The van der Waals surface area contributed by atoms with E-state index in [0.717, 1.165) is 26.1 Å². The lowest BCUT2D eigenvalue weighted by molar-refractivity contribution is -0.142. The molecule has 0 radical (unpaired) electrons. The van der Waals surface area contributed by atoms with E-state index in [2.05, 4.69) is 4.90 Å². The second-order valence-electron chi connectivity index (χ2n) is 9.15. The summed E-state index contributed by atoms with van der Waals surface area (Å²) in [6, 6.07) is 17.4. The van der Waals surface area contributed by atoms with Crippen molar-refractivity contribution in [1.82, 2.24) is 4.90 Å². The van der Waals surface area contributed by atoms with Crippen molar-refractivity contribution >= 4 is 33.2 Å². The van der Waals surface area contributed by atoms with Crippen LogP contribution >= 0.6 is 11.3 Å². The number of phenolic OH excluding ortho intramolecular Hbond substituents is 1. The van der Waals surface area contributed by atoms with Gasteiger partial charge in [-0.25, -0.2) is 9.18 Å². The van der Waals surface area contributed by atoms with Crippen molar-refractivity contribution in [3.8, 4) is 23.0 Å². The van der Waals surface area contributed by atoms with E-state index in [1.165, 1.54) is 35.6 Å². The summed E-state index contributed by atoms with van der Waals surface area (Å²) >= 11 is 1.18. The third-order valence-electron chi connectivity index (χ3n) is 6.18. The highest BCUT2D eigenvalue weighted by atomic mass is 32.1. The Morgan fingerprint density at radius 3 is 2.54 bits per heavy atom. The average Bonchev–Trinajstić information content (AvgIpc) is 3.24. The van der Waals surface area contributed by atoms with Gasteiger partial charge in [-0.3, -0.25) is 9.69 Å². The van der Waals surface area contributed by atoms with E-state index >= 15 is 0 Å². The van der Waals surface area contributed by atoms with Gasteiger partial charge in [0.15, 0.2) is 5.75 Å². The lowest BCUT2D eigenvalue weighted by Crippen LogP contribution is -2.53. The van der Waals surface area contributed by atoms with Gasteiger partial charge in [0, 0.05) is 41.9 Å². The van der Waals surface area contributed by atoms with Gasteiger partial charge in [-0.15, -0.1) is 11.3 Å². The number of hydrogen-bond acceptors (Lipinski definition) is 8. The van der Waals surface area contributed by atoms with Crippen LogP contribution in [0, 0.1) is 5.82 Å². The van der Waals surface area contributed by atoms with Gasteiger partial charge in [0.1, 0.15) is 40.7 Å². The maximum absolute atomic E-state index is 13.8. The number of carboxylic acid groups (broad SMARTS) is 1. The topological polar surface area (TPSA) is 106 Å².